The molecule has 2 heterocycles. The average molecular weight is 279 g/mol. The van der Waals surface area contributed by atoms with Gasteiger partial charge in [-0.25, -0.2) is 8.42 Å². The molecule has 1 unspecified atom stereocenters. The highest BCUT2D eigenvalue weighted by molar-refractivity contribution is 7.91. The second-order valence-electron chi connectivity index (χ2n) is 4.18. The maximum Gasteiger partial charge on any atom is 0.234 e. The molecule has 0 saturated carbocycles. The maximum absolute atomic E-state index is 11.9. The lowest BCUT2D eigenvalue weighted by molar-refractivity contribution is 0.422. The van der Waals surface area contributed by atoms with Crippen molar-refractivity contribution in [1.29, 1.82) is 0 Å². The molecule has 0 N–H and O–H groups in total. The fraction of sp³-hybridized carbons (Fsp3) is 0.800. The first-order chi connectivity index (χ1) is 8.13. The molecule has 96 valence electrons. The van der Waals surface area contributed by atoms with Crippen LogP contribution in [-0.4, -0.2) is 30.2 Å². The third-order valence-corrected chi connectivity index (χ3v) is 5.29. The fourth-order valence-corrected chi connectivity index (χ4v) is 3.90. The van der Waals surface area contributed by atoms with Crippen LogP contribution in [0, 0.1) is 0 Å². The summed E-state index contributed by atoms with van der Waals surface area (Å²) in [5.74, 6) is 1.46. The molecule has 1 aromatic rings. The number of rotatable bonds is 4. The Morgan fingerprint density at radius 3 is 2.88 bits per heavy atom. The zero-order chi connectivity index (χ0) is 12.3. The standard InChI is InChI=1S/C10H15ClN2O3S/c11-6-3-5-9-12-13-10(16-9)8-4-1-2-7-17(8,14)15/h8H,1-7H2. The van der Waals surface area contributed by atoms with Crippen molar-refractivity contribution in [2.45, 2.75) is 37.4 Å². The van der Waals surface area contributed by atoms with Crippen LogP contribution in [0.2, 0.25) is 0 Å². The highest BCUT2D eigenvalue weighted by Crippen LogP contribution is 2.32. The number of hydrogen-bond donors (Lipinski definition) is 0. The summed E-state index contributed by atoms with van der Waals surface area (Å²) in [4.78, 5) is 0. The number of hydrogen-bond acceptors (Lipinski definition) is 5. The molecule has 0 aliphatic carbocycles. The molecule has 1 aliphatic rings. The third-order valence-electron chi connectivity index (χ3n) is 2.86. The van der Waals surface area contributed by atoms with Crippen molar-refractivity contribution in [3.8, 4) is 0 Å². The van der Waals surface area contributed by atoms with E-state index in [1.807, 2.05) is 0 Å². The molecule has 0 bridgehead atoms. The summed E-state index contributed by atoms with van der Waals surface area (Å²) in [6.07, 6.45) is 3.55. The largest absolute Gasteiger partial charge is 0.424 e. The van der Waals surface area contributed by atoms with Gasteiger partial charge in [-0.15, -0.1) is 21.8 Å². The van der Waals surface area contributed by atoms with Crippen LogP contribution in [0.3, 0.4) is 0 Å². The number of halogens is 1. The van der Waals surface area contributed by atoms with Crippen molar-refractivity contribution >= 4 is 21.4 Å². The van der Waals surface area contributed by atoms with Crippen LogP contribution < -0.4 is 0 Å². The summed E-state index contributed by atoms with van der Waals surface area (Å²) in [5.41, 5.74) is 0. The lowest BCUT2D eigenvalue weighted by Gasteiger charge is -2.18. The van der Waals surface area contributed by atoms with Gasteiger partial charge in [0.2, 0.25) is 11.8 Å². The molecule has 7 heteroatoms. The van der Waals surface area contributed by atoms with E-state index in [1.165, 1.54) is 0 Å². The summed E-state index contributed by atoms with van der Waals surface area (Å²) in [5, 5.41) is 7.10. The van der Waals surface area contributed by atoms with Gasteiger partial charge in [-0.05, 0) is 19.3 Å². The van der Waals surface area contributed by atoms with E-state index >= 15 is 0 Å². The lowest BCUT2D eigenvalue weighted by Crippen LogP contribution is -2.21. The van der Waals surface area contributed by atoms with Crippen LogP contribution >= 0.6 is 11.6 Å². The van der Waals surface area contributed by atoms with E-state index in [2.05, 4.69) is 10.2 Å². The van der Waals surface area contributed by atoms with Crippen molar-refractivity contribution in [2.75, 3.05) is 11.6 Å². The van der Waals surface area contributed by atoms with Crippen molar-refractivity contribution in [3.05, 3.63) is 11.8 Å². The monoisotopic (exact) mass is 278 g/mol. The molecular formula is C10H15ClN2O3S. The summed E-state index contributed by atoms with van der Waals surface area (Å²) in [6, 6.07) is 0. The van der Waals surface area contributed by atoms with Crippen molar-refractivity contribution in [2.24, 2.45) is 0 Å². The van der Waals surface area contributed by atoms with Gasteiger partial charge in [0.05, 0.1) is 5.75 Å². The minimum Gasteiger partial charge on any atom is -0.424 e. The topological polar surface area (TPSA) is 73.1 Å². The Morgan fingerprint density at radius 1 is 1.35 bits per heavy atom. The summed E-state index contributed by atoms with van der Waals surface area (Å²) in [6.45, 7) is 0. The first kappa shape index (κ1) is 12.8. The first-order valence-electron chi connectivity index (χ1n) is 5.73. The van der Waals surface area contributed by atoms with Crippen LogP contribution in [0.25, 0.3) is 0 Å². The molecule has 1 aliphatic heterocycles. The maximum atomic E-state index is 11.9. The second kappa shape index (κ2) is 5.35. The van der Waals surface area contributed by atoms with E-state index in [9.17, 15) is 8.42 Å². The molecule has 2 rings (SSSR count). The predicted octanol–water partition coefficient (Wildman–Crippen LogP) is 1.88. The number of sulfone groups is 1. The van der Waals surface area contributed by atoms with E-state index < -0.39 is 15.1 Å². The van der Waals surface area contributed by atoms with Gasteiger partial charge < -0.3 is 4.42 Å². The van der Waals surface area contributed by atoms with Crippen molar-refractivity contribution in [3.63, 3.8) is 0 Å². The van der Waals surface area contributed by atoms with Gasteiger partial charge in [0.1, 0.15) is 5.25 Å². The molecule has 0 spiro atoms. The van der Waals surface area contributed by atoms with Crippen LogP contribution in [-0.2, 0) is 16.3 Å². The highest BCUT2D eigenvalue weighted by Gasteiger charge is 2.34. The molecule has 0 aromatic carbocycles. The molecule has 1 fully saturated rings. The van der Waals surface area contributed by atoms with Crippen molar-refractivity contribution in [1.82, 2.24) is 10.2 Å². The predicted molar refractivity (Wildman–Crippen MR) is 63.7 cm³/mol. The van der Waals surface area contributed by atoms with E-state index in [-0.39, 0.29) is 11.6 Å². The summed E-state index contributed by atoms with van der Waals surface area (Å²) < 4.78 is 29.1. The van der Waals surface area contributed by atoms with Crippen molar-refractivity contribution < 1.29 is 12.8 Å². The number of nitrogens with zero attached hydrogens (tertiary/aromatic N) is 2. The minimum absolute atomic E-state index is 0.219. The Bertz CT molecular complexity index is 472. The highest BCUT2D eigenvalue weighted by atomic mass is 35.5. The second-order valence-corrected chi connectivity index (χ2v) is 6.86. The molecule has 5 nitrogen and oxygen atoms in total. The van der Waals surface area contributed by atoms with E-state index in [0.717, 1.165) is 19.3 Å². The Balaban J connectivity index is 2.13. The van der Waals surface area contributed by atoms with Crippen LogP contribution in [0.1, 0.15) is 42.7 Å². The minimum atomic E-state index is -3.11. The SMILES string of the molecule is O=S1(=O)CCCCC1c1nnc(CCCCl)o1. The average Bonchev–Trinajstić information content (AvgIpc) is 2.74. The molecule has 0 radical (unpaired) electrons. The van der Waals surface area contributed by atoms with Gasteiger partial charge in [0.15, 0.2) is 9.84 Å². The summed E-state index contributed by atoms with van der Waals surface area (Å²) >= 11 is 5.57. The van der Waals surface area contributed by atoms with Gasteiger partial charge in [-0.3, -0.25) is 0 Å². The van der Waals surface area contributed by atoms with Gasteiger partial charge in [0, 0.05) is 12.3 Å². The summed E-state index contributed by atoms with van der Waals surface area (Å²) in [7, 11) is -3.11. The number of aryl methyl sites for hydroxylation is 1. The Hall–Kier alpha value is -0.620. The van der Waals surface area contributed by atoms with Gasteiger partial charge in [-0.2, -0.15) is 0 Å². The zero-order valence-corrected chi connectivity index (χ0v) is 11.0. The van der Waals surface area contributed by atoms with E-state index in [1.54, 1.807) is 0 Å². The number of aromatic nitrogens is 2. The molecular weight excluding hydrogens is 264 g/mol. The fourth-order valence-electron chi connectivity index (χ4n) is 1.95. The molecule has 0 amide bonds. The zero-order valence-electron chi connectivity index (χ0n) is 9.43. The first-order valence-corrected chi connectivity index (χ1v) is 7.98. The van der Waals surface area contributed by atoms with Gasteiger partial charge in [0.25, 0.3) is 0 Å². The van der Waals surface area contributed by atoms with Crippen LogP contribution in [0.4, 0.5) is 0 Å². The quantitative estimate of drug-likeness (QED) is 0.786. The Kier molecular flexibility index (Phi) is 4.04. The molecule has 1 aromatic heterocycles. The number of alkyl halides is 1. The normalized spacial score (nSPS) is 23.7. The third kappa shape index (κ3) is 2.98. The Labute approximate surface area is 105 Å². The molecule has 17 heavy (non-hydrogen) atoms. The van der Waals surface area contributed by atoms with Gasteiger partial charge in [-0.1, -0.05) is 6.42 Å². The molecule has 1 saturated heterocycles. The lowest BCUT2D eigenvalue weighted by atomic mass is 10.2. The van der Waals surface area contributed by atoms with Crippen LogP contribution in [0.5, 0.6) is 0 Å². The van der Waals surface area contributed by atoms with E-state index in [0.29, 0.717) is 24.6 Å². The Morgan fingerprint density at radius 2 is 2.18 bits per heavy atom. The van der Waals surface area contributed by atoms with Gasteiger partial charge >= 0.3 is 0 Å². The van der Waals surface area contributed by atoms with E-state index in [4.69, 9.17) is 16.0 Å². The van der Waals surface area contributed by atoms with Crippen LogP contribution in [0.15, 0.2) is 4.42 Å². The molecule has 1 atom stereocenters. The smallest absolute Gasteiger partial charge is 0.234 e.